The number of aliphatic hydroxyl groups excluding tert-OH is 1. The predicted molar refractivity (Wildman–Crippen MR) is 89.0 cm³/mol. The van der Waals surface area contributed by atoms with Crippen LogP contribution in [0.4, 0.5) is 4.39 Å². The van der Waals surface area contributed by atoms with Crippen molar-refractivity contribution in [3.05, 3.63) is 65.7 Å². The SMILES string of the molecule is O=C(c1ccnc(F)c1)N1CCC(CO)(Cc2ccccc2)CC1. The second-order valence-corrected chi connectivity index (χ2v) is 6.48. The van der Waals surface area contributed by atoms with E-state index in [2.05, 4.69) is 17.1 Å². The lowest BCUT2D eigenvalue weighted by Crippen LogP contribution is -2.45. The summed E-state index contributed by atoms with van der Waals surface area (Å²) in [5.41, 5.74) is 1.33. The van der Waals surface area contributed by atoms with Crippen molar-refractivity contribution < 1.29 is 14.3 Å². The third kappa shape index (κ3) is 3.62. The van der Waals surface area contributed by atoms with Crippen LogP contribution < -0.4 is 0 Å². The number of pyridine rings is 1. The molecule has 0 spiro atoms. The number of hydrogen-bond acceptors (Lipinski definition) is 3. The van der Waals surface area contributed by atoms with Gasteiger partial charge in [0.2, 0.25) is 5.95 Å². The lowest BCUT2D eigenvalue weighted by atomic mass is 9.74. The molecule has 1 aliphatic rings. The average Bonchev–Trinajstić information content (AvgIpc) is 2.62. The molecule has 4 nitrogen and oxygen atoms in total. The summed E-state index contributed by atoms with van der Waals surface area (Å²) in [6, 6.07) is 12.8. The summed E-state index contributed by atoms with van der Waals surface area (Å²) < 4.78 is 13.2. The van der Waals surface area contributed by atoms with E-state index in [1.807, 2.05) is 18.2 Å². The Bertz CT molecular complexity index is 698. The summed E-state index contributed by atoms with van der Waals surface area (Å²) in [4.78, 5) is 17.7. The number of carbonyl (C=O) groups is 1. The first-order chi connectivity index (χ1) is 11.6. The zero-order valence-corrected chi connectivity index (χ0v) is 13.5. The van der Waals surface area contributed by atoms with Gasteiger partial charge in [-0.25, -0.2) is 4.98 Å². The molecule has 1 aromatic carbocycles. The minimum absolute atomic E-state index is 0.105. The molecule has 5 heteroatoms. The maximum atomic E-state index is 13.2. The van der Waals surface area contributed by atoms with Gasteiger partial charge < -0.3 is 10.0 Å². The number of aromatic nitrogens is 1. The number of likely N-dealkylation sites (tertiary alicyclic amines) is 1. The van der Waals surface area contributed by atoms with Gasteiger partial charge in [0.15, 0.2) is 0 Å². The third-order valence-corrected chi connectivity index (χ3v) is 4.84. The molecule has 0 unspecified atom stereocenters. The van der Waals surface area contributed by atoms with Crippen LogP contribution in [0.15, 0.2) is 48.7 Å². The molecule has 1 amide bonds. The van der Waals surface area contributed by atoms with E-state index < -0.39 is 5.95 Å². The molecule has 2 aromatic rings. The molecule has 126 valence electrons. The number of benzene rings is 1. The maximum absolute atomic E-state index is 13.2. The van der Waals surface area contributed by atoms with Gasteiger partial charge in [0, 0.05) is 42.9 Å². The molecule has 1 aliphatic heterocycles. The van der Waals surface area contributed by atoms with E-state index in [0.717, 1.165) is 19.3 Å². The van der Waals surface area contributed by atoms with E-state index in [1.165, 1.54) is 23.9 Å². The fourth-order valence-electron chi connectivity index (χ4n) is 3.32. The van der Waals surface area contributed by atoms with Crippen molar-refractivity contribution in [3.63, 3.8) is 0 Å². The molecule has 1 fully saturated rings. The first kappa shape index (κ1) is 16.6. The molecule has 3 rings (SSSR count). The molecule has 24 heavy (non-hydrogen) atoms. The molecule has 1 aromatic heterocycles. The summed E-state index contributed by atoms with van der Waals surface area (Å²) in [6.07, 6.45) is 3.57. The fraction of sp³-hybridized carbons (Fsp3) is 0.368. The summed E-state index contributed by atoms with van der Waals surface area (Å²) in [5, 5.41) is 9.92. The van der Waals surface area contributed by atoms with E-state index >= 15 is 0 Å². The number of nitrogens with zero attached hydrogens (tertiary/aromatic N) is 2. The van der Waals surface area contributed by atoms with E-state index in [1.54, 1.807) is 4.90 Å². The summed E-state index contributed by atoms with van der Waals surface area (Å²) >= 11 is 0. The average molecular weight is 328 g/mol. The molecule has 0 radical (unpaired) electrons. The van der Waals surface area contributed by atoms with Gasteiger partial charge in [0.25, 0.3) is 5.91 Å². The zero-order valence-electron chi connectivity index (χ0n) is 13.5. The Morgan fingerprint density at radius 1 is 1.21 bits per heavy atom. The Hall–Kier alpha value is -2.27. The highest BCUT2D eigenvalue weighted by molar-refractivity contribution is 5.94. The molecular formula is C19H21FN2O2. The highest BCUT2D eigenvalue weighted by Crippen LogP contribution is 2.35. The number of carbonyl (C=O) groups excluding carboxylic acids is 1. The zero-order chi connectivity index (χ0) is 17.0. The first-order valence-electron chi connectivity index (χ1n) is 8.18. The molecule has 2 heterocycles. The van der Waals surface area contributed by atoms with Crippen LogP contribution in [-0.4, -0.2) is 40.6 Å². The highest BCUT2D eigenvalue weighted by Gasteiger charge is 2.35. The standard InChI is InChI=1S/C19H21FN2O2/c20-17-12-16(6-9-21-17)18(24)22-10-7-19(14-23,8-11-22)13-15-4-2-1-3-5-15/h1-6,9,12,23H,7-8,10-11,13-14H2. The Kier molecular flexibility index (Phi) is 4.90. The Balaban J connectivity index is 1.66. The maximum Gasteiger partial charge on any atom is 0.254 e. The van der Waals surface area contributed by atoms with Crippen molar-refractivity contribution in [1.29, 1.82) is 0 Å². The van der Waals surface area contributed by atoms with Crippen LogP contribution in [0.3, 0.4) is 0 Å². The minimum atomic E-state index is -0.647. The van der Waals surface area contributed by atoms with Crippen molar-refractivity contribution in [2.75, 3.05) is 19.7 Å². The van der Waals surface area contributed by atoms with Crippen LogP contribution in [0.2, 0.25) is 0 Å². The van der Waals surface area contributed by atoms with Gasteiger partial charge in [0.1, 0.15) is 0 Å². The highest BCUT2D eigenvalue weighted by atomic mass is 19.1. The lowest BCUT2D eigenvalue weighted by Gasteiger charge is -2.41. The van der Waals surface area contributed by atoms with E-state index in [-0.39, 0.29) is 17.9 Å². The van der Waals surface area contributed by atoms with Gasteiger partial charge >= 0.3 is 0 Å². The number of hydrogen-bond donors (Lipinski definition) is 1. The van der Waals surface area contributed by atoms with Crippen molar-refractivity contribution in [2.24, 2.45) is 5.41 Å². The van der Waals surface area contributed by atoms with Crippen LogP contribution in [0.1, 0.15) is 28.8 Å². The van der Waals surface area contributed by atoms with Crippen molar-refractivity contribution >= 4 is 5.91 Å². The summed E-state index contributed by atoms with van der Waals surface area (Å²) in [5.74, 6) is -0.825. The van der Waals surface area contributed by atoms with Crippen LogP contribution in [-0.2, 0) is 6.42 Å². The van der Waals surface area contributed by atoms with E-state index in [4.69, 9.17) is 0 Å². The van der Waals surface area contributed by atoms with Gasteiger partial charge in [-0.05, 0) is 30.9 Å². The molecule has 1 saturated heterocycles. The van der Waals surface area contributed by atoms with Crippen molar-refractivity contribution in [1.82, 2.24) is 9.88 Å². The second-order valence-electron chi connectivity index (χ2n) is 6.48. The Morgan fingerprint density at radius 2 is 1.92 bits per heavy atom. The number of halogens is 1. The summed E-state index contributed by atoms with van der Waals surface area (Å²) in [7, 11) is 0. The molecule has 0 aliphatic carbocycles. The predicted octanol–water partition coefficient (Wildman–Crippen LogP) is 2.68. The number of rotatable bonds is 4. The molecule has 0 bridgehead atoms. The lowest BCUT2D eigenvalue weighted by molar-refractivity contribution is 0.0358. The van der Waals surface area contributed by atoms with Gasteiger partial charge in [-0.2, -0.15) is 4.39 Å². The molecule has 1 N–H and O–H groups in total. The van der Waals surface area contributed by atoms with Crippen LogP contribution in [0, 0.1) is 11.4 Å². The number of amides is 1. The third-order valence-electron chi connectivity index (χ3n) is 4.84. The Labute approximate surface area is 141 Å². The molecule has 0 saturated carbocycles. The minimum Gasteiger partial charge on any atom is -0.396 e. The fourth-order valence-corrected chi connectivity index (χ4v) is 3.32. The second kappa shape index (κ2) is 7.09. The van der Waals surface area contributed by atoms with Crippen LogP contribution in [0.5, 0.6) is 0 Å². The molecule has 0 atom stereocenters. The van der Waals surface area contributed by atoms with Gasteiger partial charge in [0.05, 0.1) is 0 Å². The van der Waals surface area contributed by atoms with Gasteiger partial charge in [-0.15, -0.1) is 0 Å². The largest absolute Gasteiger partial charge is 0.396 e. The van der Waals surface area contributed by atoms with Crippen molar-refractivity contribution in [2.45, 2.75) is 19.3 Å². The summed E-state index contributed by atoms with van der Waals surface area (Å²) in [6.45, 7) is 1.24. The van der Waals surface area contributed by atoms with Crippen LogP contribution in [0.25, 0.3) is 0 Å². The smallest absolute Gasteiger partial charge is 0.254 e. The number of aliphatic hydroxyl groups is 1. The van der Waals surface area contributed by atoms with Gasteiger partial charge in [-0.1, -0.05) is 30.3 Å². The van der Waals surface area contributed by atoms with Crippen LogP contribution >= 0.6 is 0 Å². The van der Waals surface area contributed by atoms with E-state index in [0.29, 0.717) is 18.7 Å². The van der Waals surface area contributed by atoms with Gasteiger partial charge in [-0.3, -0.25) is 4.79 Å². The topological polar surface area (TPSA) is 53.4 Å². The monoisotopic (exact) mass is 328 g/mol. The first-order valence-corrected chi connectivity index (χ1v) is 8.18. The normalized spacial score (nSPS) is 16.8. The quantitative estimate of drug-likeness (QED) is 0.878. The van der Waals surface area contributed by atoms with Crippen molar-refractivity contribution in [3.8, 4) is 0 Å². The Morgan fingerprint density at radius 3 is 2.54 bits per heavy atom. The van der Waals surface area contributed by atoms with E-state index in [9.17, 15) is 14.3 Å². The molecular weight excluding hydrogens is 307 g/mol. The number of piperidine rings is 1.